The molecule has 1 aliphatic carbocycles. The molecule has 0 bridgehead atoms. The summed E-state index contributed by atoms with van der Waals surface area (Å²) in [6.07, 6.45) is 8.88. The Bertz CT molecular complexity index is 499. The van der Waals surface area contributed by atoms with E-state index in [1.54, 1.807) is 6.08 Å². The van der Waals surface area contributed by atoms with Crippen molar-refractivity contribution in [1.29, 1.82) is 0 Å². The minimum absolute atomic E-state index is 0.0151. The van der Waals surface area contributed by atoms with Crippen molar-refractivity contribution in [2.75, 3.05) is 13.2 Å². The van der Waals surface area contributed by atoms with E-state index < -0.39 is 5.97 Å². The Kier molecular flexibility index (Phi) is 9.24. The predicted octanol–water partition coefficient (Wildman–Crippen LogP) is 2.66. The Morgan fingerprint density at radius 3 is 2.63 bits per heavy atom. The minimum atomic E-state index is -0.939. The average molecular weight is 384 g/mol. The number of carbonyl (C=O) groups excluding carboxylic acids is 1. The monoisotopic (exact) mass is 384 g/mol. The van der Waals surface area contributed by atoms with E-state index in [0.29, 0.717) is 19.4 Å². The molecule has 2 fully saturated rings. The van der Waals surface area contributed by atoms with Crippen molar-refractivity contribution in [3.63, 3.8) is 0 Å². The summed E-state index contributed by atoms with van der Waals surface area (Å²) in [4.78, 5) is 22.0. The summed E-state index contributed by atoms with van der Waals surface area (Å²) in [5, 5.41) is 18.6. The number of carboxylic acids is 1. The van der Waals surface area contributed by atoms with Gasteiger partial charge in [-0.2, -0.15) is 0 Å². The Labute approximate surface area is 160 Å². The first-order chi connectivity index (χ1) is 13.0. The molecule has 2 rings (SSSR count). The maximum Gasteiger partial charge on any atom is 0.327 e. The van der Waals surface area contributed by atoms with Gasteiger partial charge in [-0.05, 0) is 38.5 Å². The SMILES string of the molecule is CC(=O)O[C@H]1C[C@@H](OC2CCCCO2)[C@@H](CO)[C@H]1CCCC/C=C/C(=O)O. The molecule has 0 spiro atoms. The highest BCUT2D eigenvalue weighted by Crippen LogP contribution is 2.40. The normalized spacial score (nSPS) is 31.3. The number of hydrogen-bond acceptors (Lipinski definition) is 6. The summed E-state index contributed by atoms with van der Waals surface area (Å²) in [6.45, 7) is 2.08. The number of hydrogen-bond donors (Lipinski definition) is 2. The average Bonchev–Trinajstić information content (AvgIpc) is 2.94. The summed E-state index contributed by atoms with van der Waals surface area (Å²) in [6, 6.07) is 0. The highest BCUT2D eigenvalue weighted by Gasteiger charge is 2.45. The molecule has 154 valence electrons. The molecule has 1 saturated carbocycles. The summed E-state index contributed by atoms with van der Waals surface area (Å²) in [5.41, 5.74) is 0. The molecule has 5 atom stereocenters. The third-order valence-corrected chi connectivity index (χ3v) is 5.38. The molecule has 1 heterocycles. The molecule has 2 N–H and O–H groups in total. The lowest BCUT2D eigenvalue weighted by Crippen LogP contribution is -2.33. The Morgan fingerprint density at radius 2 is 2.00 bits per heavy atom. The van der Waals surface area contributed by atoms with Crippen molar-refractivity contribution in [2.45, 2.75) is 76.8 Å². The molecule has 1 unspecified atom stereocenters. The summed E-state index contributed by atoms with van der Waals surface area (Å²) >= 11 is 0. The molecule has 2 aliphatic rings. The topological polar surface area (TPSA) is 102 Å². The van der Waals surface area contributed by atoms with Crippen molar-refractivity contribution in [3.05, 3.63) is 12.2 Å². The van der Waals surface area contributed by atoms with Crippen LogP contribution in [0.2, 0.25) is 0 Å². The molecule has 0 amide bonds. The summed E-state index contributed by atoms with van der Waals surface area (Å²) < 4.78 is 17.3. The Balaban J connectivity index is 1.90. The van der Waals surface area contributed by atoms with E-state index in [4.69, 9.17) is 19.3 Å². The van der Waals surface area contributed by atoms with Crippen LogP contribution in [0, 0.1) is 11.8 Å². The zero-order valence-corrected chi connectivity index (χ0v) is 16.0. The van der Waals surface area contributed by atoms with Crippen LogP contribution in [0.4, 0.5) is 0 Å². The molecule has 0 aromatic carbocycles. The molecule has 0 radical (unpaired) electrons. The highest BCUT2D eigenvalue weighted by atomic mass is 16.7. The van der Waals surface area contributed by atoms with Crippen LogP contribution >= 0.6 is 0 Å². The fourth-order valence-corrected chi connectivity index (χ4v) is 4.13. The summed E-state index contributed by atoms with van der Waals surface area (Å²) in [7, 11) is 0. The van der Waals surface area contributed by atoms with E-state index in [-0.39, 0.29) is 42.9 Å². The lowest BCUT2D eigenvalue weighted by atomic mass is 9.89. The highest BCUT2D eigenvalue weighted by molar-refractivity contribution is 5.79. The van der Waals surface area contributed by atoms with Crippen LogP contribution in [-0.4, -0.2) is 53.9 Å². The van der Waals surface area contributed by atoms with Crippen molar-refractivity contribution in [3.8, 4) is 0 Å². The number of aliphatic carboxylic acids is 1. The maximum atomic E-state index is 11.5. The van der Waals surface area contributed by atoms with E-state index in [2.05, 4.69) is 0 Å². The van der Waals surface area contributed by atoms with E-state index >= 15 is 0 Å². The number of ether oxygens (including phenoxy) is 3. The molecule has 1 saturated heterocycles. The molecule has 27 heavy (non-hydrogen) atoms. The second-order valence-electron chi connectivity index (χ2n) is 7.39. The van der Waals surface area contributed by atoms with Crippen molar-refractivity contribution < 1.29 is 34.0 Å². The third kappa shape index (κ3) is 7.24. The second-order valence-corrected chi connectivity index (χ2v) is 7.39. The second kappa shape index (κ2) is 11.4. The van der Waals surface area contributed by atoms with Gasteiger partial charge in [0.15, 0.2) is 6.29 Å². The zero-order chi connectivity index (χ0) is 19.6. The van der Waals surface area contributed by atoms with Gasteiger partial charge in [-0.25, -0.2) is 4.79 Å². The van der Waals surface area contributed by atoms with Crippen LogP contribution in [0.5, 0.6) is 0 Å². The van der Waals surface area contributed by atoms with Gasteiger partial charge in [0.1, 0.15) is 6.10 Å². The number of esters is 1. The van der Waals surface area contributed by atoms with Crippen LogP contribution in [0.25, 0.3) is 0 Å². The zero-order valence-electron chi connectivity index (χ0n) is 16.0. The smallest absolute Gasteiger partial charge is 0.327 e. The first kappa shape index (κ1) is 21.9. The van der Waals surface area contributed by atoms with Crippen LogP contribution in [-0.2, 0) is 23.8 Å². The van der Waals surface area contributed by atoms with Gasteiger partial charge in [0.05, 0.1) is 6.10 Å². The van der Waals surface area contributed by atoms with Crippen molar-refractivity contribution in [1.82, 2.24) is 0 Å². The number of aliphatic hydroxyl groups excluding tert-OH is 1. The van der Waals surface area contributed by atoms with Gasteiger partial charge >= 0.3 is 11.9 Å². The molecule has 0 aromatic rings. The quantitative estimate of drug-likeness (QED) is 0.339. The van der Waals surface area contributed by atoms with Gasteiger partial charge in [0.2, 0.25) is 0 Å². The largest absolute Gasteiger partial charge is 0.478 e. The molecular weight excluding hydrogens is 352 g/mol. The number of allylic oxidation sites excluding steroid dienone is 1. The lowest BCUT2D eigenvalue weighted by molar-refractivity contribution is -0.198. The van der Waals surface area contributed by atoms with Gasteiger partial charge in [0.25, 0.3) is 0 Å². The van der Waals surface area contributed by atoms with E-state index in [9.17, 15) is 14.7 Å². The summed E-state index contributed by atoms with van der Waals surface area (Å²) in [5.74, 6) is -1.31. The van der Waals surface area contributed by atoms with Gasteiger partial charge in [-0.1, -0.05) is 12.5 Å². The number of carboxylic acid groups (broad SMARTS) is 1. The van der Waals surface area contributed by atoms with Gasteiger partial charge in [-0.15, -0.1) is 0 Å². The first-order valence-corrected chi connectivity index (χ1v) is 9.96. The van der Waals surface area contributed by atoms with Gasteiger partial charge < -0.3 is 24.4 Å². The Hall–Kier alpha value is -1.44. The number of unbranched alkanes of at least 4 members (excludes halogenated alkanes) is 2. The van der Waals surface area contributed by atoms with E-state index in [0.717, 1.165) is 44.6 Å². The molecule has 1 aliphatic heterocycles. The van der Waals surface area contributed by atoms with Crippen LogP contribution in [0.1, 0.15) is 58.3 Å². The Morgan fingerprint density at radius 1 is 1.19 bits per heavy atom. The van der Waals surface area contributed by atoms with Crippen molar-refractivity contribution >= 4 is 11.9 Å². The first-order valence-electron chi connectivity index (χ1n) is 9.96. The molecule has 7 nitrogen and oxygen atoms in total. The fraction of sp³-hybridized carbons (Fsp3) is 0.800. The van der Waals surface area contributed by atoms with Crippen LogP contribution in [0.15, 0.2) is 12.2 Å². The van der Waals surface area contributed by atoms with Crippen molar-refractivity contribution in [2.24, 2.45) is 11.8 Å². The number of aliphatic hydroxyl groups is 1. The van der Waals surface area contributed by atoms with Crippen LogP contribution < -0.4 is 0 Å². The van der Waals surface area contributed by atoms with Gasteiger partial charge in [0, 0.05) is 44.5 Å². The van der Waals surface area contributed by atoms with E-state index in [1.165, 1.54) is 6.92 Å². The molecular formula is C20H32O7. The third-order valence-electron chi connectivity index (χ3n) is 5.38. The number of rotatable bonds is 10. The van der Waals surface area contributed by atoms with E-state index in [1.807, 2.05) is 0 Å². The standard InChI is InChI=1S/C20H32O7/c1-14(22)26-17-12-18(27-20-10-6-7-11-25-20)16(13-21)15(17)8-4-2-3-5-9-19(23)24/h5,9,15-18,20-21H,2-4,6-8,10-13H2,1H3,(H,23,24)/b9-5+/t15-,16+,17+,18-,20?/m1/s1. The number of carbonyl (C=O) groups is 2. The van der Waals surface area contributed by atoms with Gasteiger partial charge in [-0.3, -0.25) is 4.79 Å². The van der Waals surface area contributed by atoms with Crippen LogP contribution in [0.3, 0.4) is 0 Å². The lowest BCUT2D eigenvalue weighted by Gasteiger charge is -2.29. The fourth-order valence-electron chi connectivity index (χ4n) is 4.13. The molecule has 0 aromatic heterocycles. The minimum Gasteiger partial charge on any atom is -0.478 e. The predicted molar refractivity (Wildman–Crippen MR) is 97.9 cm³/mol. The maximum absolute atomic E-state index is 11.5. The molecule has 7 heteroatoms.